The Morgan fingerprint density at radius 1 is 0.848 bits per heavy atom. The fourth-order valence-electron chi connectivity index (χ4n) is 3.81. The van der Waals surface area contributed by atoms with Gasteiger partial charge in [-0.1, -0.05) is 91.0 Å². The number of rotatable bonds is 8. The molecule has 3 aromatic carbocycles. The molecule has 0 fully saturated rings. The Bertz CT molecular complexity index is 1070. The van der Waals surface area contributed by atoms with Crippen LogP contribution in [0.15, 0.2) is 108 Å². The highest BCUT2D eigenvalue weighted by Crippen LogP contribution is 2.23. The normalized spacial score (nSPS) is 11.2. The van der Waals surface area contributed by atoms with Crippen LogP contribution < -0.4 is 10.6 Å². The highest BCUT2D eigenvalue weighted by molar-refractivity contribution is 14.0. The van der Waals surface area contributed by atoms with E-state index >= 15 is 0 Å². The lowest BCUT2D eigenvalue weighted by atomic mass is 9.91. The number of aliphatic imine (C=N–C) groups is 1. The molecule has 0 spiro atoms. The number of aromatic nitrogens is 2. The van der Waals surface area contributed by atoms with Gasteiger partial charge < -0.3 is 15.2 Å². The van der Waals surface area contributed by atoms with Gasteiger partial charge in [0.2, 0.25) is 0 Å². The Morgan fingerprint density at radius 3 is 2.00 bits per heavy atom. The molecule has 2 N–H and O–H groups in total. The number of nitrogens with zero attached hydrogens (tertiary/aromatic N) is 3. The van der Waals surface area contributed by atoms with E-state index in [0.717, 1.165) is 24.9 Å². The molecule has 5 nitrogen and oxygen atoms in total. The maximum Gasteiger partial charge on any atom is 0.191 e. The molecule has 0 aliphatic rings. The van der Waals surface area contributed by atoms with Crippen molar-refractivity contribution < 1.29 is 0 Å². The predicted molar refractivity (Wildman–Crippen MR) is 146 cm³/mol. The number of guanidine groups is 1. The van der Waals surface area contributed by atoms with Crippen molar-refractivity contribution in [2.24, 2.45) is 4.99 Å². The first-order valence-electron chi connectivity index (χ1n) is 10.9. The molecule has 0 bridgehead atoms. The van der Waals surface area contributed by atoms with Gasteiger partial charge in [0.05, 0.1) is 6.54 Å². The third kappa shape index (κ3) is 6.92. The minimum Gasteiger partial charge on any atom is -0.355 e. The van der Waals surface area contributed by atoms with Crippen LogP contribution in [0.1, 0.15) is 28.4 Å². The van der Waals surface area contributed by atoms with Gasteiger partial charge in [0.1, 0.15) is 5.82 Å². The Kier molecular flexibility index (Phi) is 9.50. The zero-order valence-electron chi connectivity index (χ0n) is 18.8. The Labute approximate surface area is 213 Å². The SMILES string of the molecule is CN=C(NCc1nccn1Cc1ccccc1)NCC(c1ccccc1)c1ccccc1.I. The van der Waals surface area contributed by atoms with E-state index in [1.807, 2.05) is 18.5 Å². The van der Waals surface area contributed by atoms with Gasteiger partial charge in [-0.2, -0.15) is 0 Å². The first-order valence-corrected chi connectivity index (χ1v) is 10.9. The van der Waals surface area contributed by atoms with E-state index in [4.69, 9.17) is 0 Å². The standard InChI is InChI=1S/C27H29N5.HI/c1-28-27(31-20-26-29-17-18-32(26)21-22-11-5-2-6-12-22)30-19-25(23-13-7-3-8-14-23)24-15-9-4-10-16-24;/h2-18,25H,19-21H2,1H3,(H2,28,30,31);1H. The van der Waals surface area contributed by atoms with Gasteiger partial charge in [-0.25, -0.2) is 4.98 Å². The van der Waals surface area contributed by atoms with Gasteiger partial charge in [0, 0.05) is 38.4 Å². The predicted octanol–water partition coefficient (Wildman–Crippen LogP) is 5.05. The fourth-order valence-corrected chi connectivity index (χ4v) is 3.81. The lowest BCUT2D eigenvalue weighted by Crippen LogP contribution is -2.39. The molecular formula is C27H30IN5. The molecule has 0 radical (unpaired) electrons. The number of imidazole rings is 1. The molecule has 0 saturated carbocycles. The summed E-state index contributed by atoms with van der Waals surface area (Å²) >= 11 is 0. The van der Waals surface area contributed by atoms with Crippen molar-refractivity contribution in [3.63, 3.8) is 0 Å². The second-order valence-corrected chi connectivity index (χ2v) is 7.64. The van der Waals surface area contributed by atoms with Crippen LogP contribution in [0.2, 0.25) is 0 Å². The number of nitrogens with one attached hydrogen (secondary N) is 2. The molecular weight excluding hydrogens is 521 g/mol. The number of halogens is 1. The fraction of sp³-hybridized carbons (Fsp3) is 0.185. The summed E-state index contributed by atoms with van der Waals surface area (Å²) in [5.41, 5.74) is 3.81. The molecule has 0 saturated heterocycles. The summed E-state index contributed by atoms with van der Waals surface area (Å²) in [4.78, 5) is 8.94. The quantitative estimate of drug-likeness (QED) is 0.183. The number of benzene rings is 3. The summed E-state index contributed by atoms with van der Waals surface area (Å²) in [6, 6.07) is 31.6. The topological polar surface area (TPSA) is 54.2 Å². The van der Waals surface area contributed by atoms with Crippen LogP contribution in [0.3, 0.4) is 0 Å². The molecule has 33 heavy (non-hydrogen) atoms. The minimum atomic E-state index is 0. The number of hydrogen-bond acceptors (Lipinski definition) is 2. The Balaban J connectivity index is 0.00000306. The van der Waals surface area contributed by atoms with E-state index in [1.54, 1.807) is 7.05 Å². The molecule has 1 aromatic heterocycles. The summed E-state index contributed by atoms with van der Waals surface area (Å²) in [5, 5.41) is 6.91. The summed E-state index contributed by atoms with van der Waals surface area (Å²) in [6.45, 7) is 2.14. The van der Waals surface area contributed by atoms with Crippen molar-refractivity contribution in [1.29, 1.82) is 0 Å². The summed E-state index contributed by atoms with van der Waals surface area (Å²) in [5.74, 6) is 1.96. The average molecular weight is 551 g/mol. The highest BCUT2D eigenvalue weighted by atomic mass is 127. The Hall–Kier alpha value is -3.13. The summed E-state index contributed by atoms with van der Waals surface area (Å²) < 4.78 is 2.16. The van der Waals surface area contributed by atoms with Gasteiger partial charge in [0.25, 0.3) is 0 Å². The van der Waals surface area contributed by atoms with E-state index in [2.05, 4.69) is 110 Å². The molecule has 4 aromatic rings. The first-order chi connectivity index (χ1) is 15.8. The first kappa shape index (κ1) is 24.5. The van der Waals surface area contributed by atoms with Crippen molar-refractivity contribution in [2.75, 3.05) is 13.6 Å². The molecule has 0 unspecified atom stereocenters. The largest absolute Gasteiger partial charge is 0.355 e. The zero-order chi connectivity index (χ0) is 22.0. The molecule has 1 heterocycles. The van der Waals surface area contributed by atoms with Crippen molar-refractivity contribution in [1.82, 2.24) is 20.2 Å². The minimum absolute atomic E-state index is 0. The van der Waals surface area contributed by atoms with Gasteiger partial charge in [-0.3, -0.25) is 4.99 Å². The second kappa shape index (κ2) is 12.8. The van der Waals surface area contributed by atoms with Crippen molar-refractivity contribution in [3.05, 3.63) is 126 Å². The van der Waals surface area contributed by atoms with E-state index in [1.165, 1.54) is 16.7 Å². The van der Waals surface area contributed by atoms with Crippen LogP contribution >= 0.6 is 24.0 Å². The van der Waals surface area contributed by atoms with E-state index in [-0.39, 0.29) is 29.9 Å². The smallest absolute Gasteiger partial charge is 0.191 e. The number of hydrogen-bond donors (Lipinski definition) is 2. The molecule has 170 valence electrons. The lowest BCUT2D eigenvalue weighted by Gasteiger charge is -2.20. The second-order valence-electron chi connectivity index (χ2n) is 7.64. The molecule has 6 heteroatoms. The molecule has 0 atom stereocenters. The van der Waals surface area contributed by atoms with Crippen LogP contribution in [0.4, 0.5) is 0 Å². The van der Waals surface area contributed by atoms with Crippen LogP contribution in [0.5, 0.6) is 0 Å². The average Bonchev–Trinajstić information content (AvgIpc) is 3.30. The van der Waals surface area contributed by atoms with Gasteiger partial charge in [-0.15, -0.1) is 24.0 Å². The van der Waals surface area contributed by atoms with E-state index in [0.29, 0.717) is 6.54 Å². The van der Waals surface area contributed by atoms with Gasteiger partial charge in [-0.05, 0) is 16.7 Å². The molecule has 0 amide bonds. The van der Waals surface area contributed by atoms with Crippen molar-refractivity contribution >= 4 is 29.9 Å². The maximum atomic E-state index is 4.53. The molecule has 4 rings (SSSR count). The van der Waals surface area contributed by atoms with E-state index in [9.17, 15) is 0 Å². The molecule has 0 aliphatic heterocycles. The highest BCUT2D eigenvalue weighted by Gasteiger charge is 2.14. The zero-order valence-corrected chi connectivity index (χ0v) is 21.1. The van der Waals surface area contributed by atoms with Gasteiger partial charge >= 0.3 is 0 Å². The Morgan fingerprint density at radius 2 is 1.42 bits per heavy atom. The van der Waals surface area contributed by atoms with Gasteiger partial charge in [0.15, 0.2) is 5.96 Å². The van der Waals surface area contributed by atoms with Crippen molar-refractivity contribution in [3.8, 4) is 0 Å². The maximum absolute atomic E-state index is 4.53. The van der Waals surface area contributed by atoms with Crippen LogP contribution in [-0.4, -0.2) is 29.1 Å². The van der Waals surface area contributed by atoms with E-state index < -0.39 is 0 Å². The third-order valence-corrected chi connectivity index (χ3v) is 5.51. The van der Waals surface area contributed by atoms with Crippen LogP contribution in [0, 0.1) is 0 Å². The van der Waals surface area contributed by atoms with Crippen LogP contribution in [0.25, 0.3) is 0 Å². The monoisotopic (exact) mass is 551 g/mol. The lowest BCUT2D eigenvalue weighted by molar-refractivity contribution is 0.678. The molecule has 0 aliphatic carbocycles. The summed E-state index contributed by atoms with van der Waals surface area (Å²) in [6.07, 6.45) is 3.86. The third-order valence-electron chi connectivity index (χ3n) is 5.51. The van der Waals surface area contributed by atoms with Crippen LogP contribution in [-0.2, 0) is 13.1 Å². The van der Waals surface area contributed by atoms with Crippen molar-refractivity contribution in [2.45, 2.75) is 19.0 Å². The summed E-state index contributed by atoms with van der Waals surface area (Å²) in [7, 11) is 1.80.